The first kappa shape index (κ1) is 10.2. The van der Waals surface area contributed by atoms with Crippen LogP contribution in [0, 0.1) is 6.92 Å². The Hall–Kier alpha value is -1.28. The molecule has 0 saturated carbocycles. The standard InChI is InChI=1S/C13H17NO/c1-9(7-8-15)13-10(2)14-12-6-4-3-5-11(12)13/h3-6,9,14-15H,7-8H2,1-2H3/t9-/m1/s1. The normalized spacial score (nSPS) is 13.3. The fourth-order valence-electron chi connectivity index (χ4n) is 2.27. The molecule has 0 aliphatic rings. The Morgan fingerprint density at radius 2 is 2.07 bits per heavy atom. The number of hydrogen-bond donors (Lipinski definition) is 2. The second kappa shape index (κ2) is 4.07. The highest BCUT2D eigenvalue weighted by Gasteiger charge is 2.13. The molecule has 1 atom stereocenters. The smallest absolute Gasteiger partial charge is 0.0458 e. The van der Waals surface area contributed by atoms with Crippen LogP contribution in [-0.4, -0.2) is 16.7 Å². The van der Waals surface area contributed by atoms with E-state index >= 15 is 0 Å². The molecule has 0 saturated heterocycles. The second-order valence-corrected chi connectivity index (χ2v) is 4.12. The largest absolute Gasteiger partial charge is 0.396 e. The maximum Gasteiger partial charge on any atom is 0.0458 e. The summed E-state index contributed by atoms with van der Waals surface area (Å²) in [7, 11) is 0. The van der Waals surface area contributed by atoms with Crippen LogP contribution in [0.3, 0.4) is 0 Å². The third-order valence-electron chi connectivity index (χ3n) is 3.00. The molecule has 1 aromatic carbocycles. The third kappa shape index (κ3) is 1.77. The number of nitrogens with one attached hydrogen (secondary N) is 1. The summed E-state index contributed by atoms with van der Waals surface area (Å²) >= 11 is 0. The molecule has 2 N–H and O–H groups in total. The van der Waals surface area contributed by atoms with E-state index in [1.165, 1.54) is 22.2 Å². The molecule has 2 nitrogen and oxygen atoms in total. The summed E-state index contributed by atoms with van der Waals surface area (Å²) < 4.78 is 0. The number of H-pyrrole nitrogens is 1. The van der Waals surface area contributed by atoms with Gasteiger partial charge in [0.05, 0.1) is 0 Å². The van der Waals surface area contributed by atoms with Gasteiger partial charge in [-0.2, -0.15) is 0 Å². The quantitative estimate of drug-likeness (QED) is 0.790. The molecule has 1 aromatic heterocycles. The summed E-state index contributed by atoms with van der Waals surface area (Å²) in [6, 6.07) is 8.34. The number of fused-ring (bicyclic) bond motifs is 1. The minimum absolute atomic E-state index is 0.250. The molecular formula is C13H17NO. The van der Waals surface area contributed by atoms with Gasteiger partial charge in [-0.15, -0.1) is 0 Å². The molecule has 2 heteroatoms. The number of rotatable bonds is 3. The fraction of sp³-hybridized carbons (Fsp3) is 0.385. The number of para-hydroxylation sites is 1. The van der Waals surface area contributed by atoms with Gasteiger partial charge < -0.3 is 10.1 Å². The van der Waals surface area contributed by atoms with Crippen molar-refractivity contribution in [1.82, 2.24) is 4.98 Å². The van der Waals surface area contributed by atoms with Gasteiger partial charge in [-0.3, -0.25) is 0 Å². The van der Waals surface area contributed by atoms with Crippen molar-refractivity contribution in [3.8, 4) is 0 Å². The lowest BCUT2D eigenvalue weighted by Crippen LogP contribution is -1.97. The number of aromatic amines is 1. The lowest BCUT2D eigenvalue weighted by atomic mass is 9.95. The van der Waals surface area contributed by atoms with E-state index in [2.05, 4.69) is 37.0 Å². The monoisotopic (exact) mass is 203 g/mol. The zero-order valence-corrected chi connectivity index (χ0v) is 9.25. The van der Waals surface area contributed by atoms with Crippen molar-refractivity contribution in [1.29, 1.82) is 0 Å². The van der Waals surface area contributed by atoms with Gasteiger partial charge in [-0.25, -0.2) is 0 Å². The minimum atomic E-state index is 0.250. The molecule has 1 heterocycles. The van der Waals surface area contributed by atoms with Crippen LogP contribution in [0.4, 0.5) is 0 Å². The van der Waals surface area contributed by atoms with Crippen LogP contribution in [-0.2, 0) is 0 Å². The van der Waals surface area contributed by atoms with Crippen LogP contribution in [0.5, 0.6) is 0 Å². The Morgan fingerprint density at radius 3 is 2.80 bits per heavy atom. The van der Waals surface area contributed by atoms with Crippen LogP contribution in [0.15, 0.2) is 24.3 Å². The van der Waals surface area contributed by atoms with Crippen molar-refractivity contribution in [2.45, 2.75) is 26.2 Å². The van der Waals surface area contributed by atoms with E-state index < -0.39 is 0 Å². The van der Waals surface area contributed by atoms with Gasteiger partial charge in [0.1, 0.15) is 0 Å². The van der Waals surface area contributed by atoms with Gasteiger partial charge >= 0.3 is 0 Å². The van der Waals surface area contributed by atoms with E-state index in [9.17, 15) is 0 Å². The topological polar surface area (TPSA) is 36.0 Å². The van der Waals surface area contributed by atoms with Gasteiger partial charge in [0.25, 0.3) is 0 Å². The Bertz CT molecular complexity index is 459. The summed E-state index contributed by atoms with van der Waals surface area (Å²) in [5.74, 6) is 0.408. The van der Waals surface area contributed by atoms with Crippen molar-refractivity contribution in [3.05, 3.63) is 35.5 Å². The van der Waals surface area contributed by atoms with Crippen LogP contribution in [0.25, 0.3) is 10.9 Å². The first-order chi connectivity index (χ1) is 7.24. The molecule has 15 heavy (non-hydrogen) atoms. The maximum atomic E-state index is 8.99. The Morgan fingerprint density at radius 1 is 1.33 bits per heavy atom. The molecule has 0 spiro atoms. The van der Waals surface area contributed by atoms with E-state index in [0.29, 0.717) is 5.92 Å². The Kier molecular flexibility index (Phi) is 2.78. The van der Waals surface area contributed by atoms with Crippen LogP contribution < -0.4 is 0 Å². The highest BCUT2D eigenvalue weighted by atomic mass is 16.3. The van der Waals surface area contributed by atoms with Crippen LogP contribution in [0.2, 0.25) is 0 Å². The highest BCUT2D eigenvalue weighted by molar-refractivity contribution is 5.85. The first-order valence-electron chi connectivity index (χ1n) is 5.42. The lowest BCUT2D eigenvalue weighted by molar-refractivity contribution is 0.279. The third-order valence-corrected chi connectivity index (χ3v) is 3.00. The number of aliphatic hydroxyl groups excluding tert-OH is 1. The van der Waals surface area contributed by atoms with Gasteiger partial charge in [-0.05, 0) is 30.9 Å². The van der Waals surface area contributed by atoms with Gasteiger partial charge in [0.2, 0.25) is 0 Å². The van der Waals surface area contributed by atoms with E-state index in [4.69, 9.17) is 5.11 Å². The minimum Gasteiger partial charge on any atom is -0.396 e. The first-order valence-corrected chi connectivity index (χ1v) is 5.42. The molecule has 0 aliphatic heterocycles. The van der Waals surface area contributed by atoms with Gasteiger partial charge in [-0.1, -0.05) is 25.1 Å². The number of aromatic nitrogens is 1. The summed E-state index contributed by atoms with van der Waals surface area (Å²) in [6.07, 6.45) is 0.822. The molecular weight excluding hydrogens is 186 g/mol. The zero-order valence-electron chi connectivity index (χ0n) is 9.25. The number of aliphatic hydroxyl groups is 1. The average Bonchev–Trinajstić information content (AvgIpc) is 2.54. The molecule has 0 aliphatic carbocycles. The predicted octanol–water partition coefficient (Wildman–Crippen LogP) is 2.96. The summed E-state index contributed by atoms with van der Waals surface area (Å²) in [5, 5.41) is 10.3. The van der Waals surface area contributed by atoms with E-state index in [1.807, 2.05) is 6.07 Å². The van der Waals surface area contributed by atoms with Crippen molar-refractivity contribution in [2.75, 3.05) is 6.61 Å². The molecule has 0 bridgehead atoms. The predicted molar refractivity (Wildman–Crippen MR) is 63.2 cm³/mol. The number of aryl methyl sites for hydroxylation is 1. The number of benzene rings is 1. The molecule has 0 amide bonds. The summed E-state index contributed by atoms with van der Waals surface area (Å²) in [5.41, 5.74) is 3.76. The van der Waals surface area contributed by atoms with Crippen LogP contribution >= 0.6 is 0 Å². The highest BCUT2D eigenvalue weighted by Crippen LogP contribution is 2.30. The molecule has 2 aromatic rings. The number of hydrogen-bond acceptors (Lipinski definition) is 1. The Labute approximate surface area is 89.9 Å². The Balaban J connectivity index is 2.53. The van der Waals surface area contributed by atoms with Crippen molar-refractivity contribution in [2.24, 2.45) is 0 Å². The SMILES string of the molecule is Cc1[nH]c2ccccc2c1[C@H](C)CCO. The van der Waals surface area contributed by atoms with Gasteiger partial charge in [0.15, 0.2) is 0 Å². The fourth-order valence-corrected chi connectivity index (χ4v) is 2.27. The van der Waals surface area contributed by atoms with Crippen LogP contribution in [0.1, 0.15) is 30.5 Å². The van der Waals surface area contributed by atoms with E-state index in [0.717, 1.165) is 6.42 Å². The van der Waals surface area contributed by atoms with Crippen molar-refractivity contribution in [3.63, 3.8) is 0 Å². The molecule has 0 unspecified atom stereocenters. The van der Waals surface area contributed by atoms with Gasteiger partial charge in [0, 0.05) is 23.2 Å². The summed E-state index contributed by atoms with van der Waals surface area (Å²) in [6.45, 7) is 4.52. The summed E-state index contributed by atoms with van der Waals surface area (Å²) in [4.78, 5) is 3.38. The molecule has 0 fully saturated rings. The zero-order chi connectivity index (χ0) is 10.8. The maximum absolute atomic E-state index is 8.99. The van der Waals surface area contributed by atoms with E-state index in [-0.39, 0.29) is 6.61 Å². The van der Waals surface area contributed by atoms with E-state index in [1.54, 1.807) is 0 Å². The molecule has 2 rings (SSSR count). The molecule has 0 radical (unpaired) electrons. The van der Waals surface area contributed by atoms with Crippen molar-refractivity contribution >= 4 is 10.9 Å². The molecule has 80 valence electrons. The average molecular weight is 203 g/mol. The lowest BCUT2D eigenvalue weighted by Gasteiger charge is -2.10. The van der Waals surface area contributed by atoms with Crippen molar-refractivity contribution < 1.29 is 5.11 Å². The second-order valence-electron chi connectivity index (χ2n) is 4.12.